The maximum absolute atomic E-state index is 13.3. The highest BCUT2D eigenvalue weighted by atomic mass is 16.3. The molecule has 1 fully saturated rings. The molecule has 3 N–H and O–H groups in total. The molecule has 1 aliphatic heterocycles. The molecule has 4 rings (SSSR count). The standard InChI is InChI=1S/C30H32N4O6/c1-3-23(21-9-5-4-6-10-21)32-27(25(36)19-35)20(2)31-24-12-7-11-22(28(24)37)29(38)33-14-16-34(17-15-33)30(39)26-13-8-18-40-26/h4-13,18-19,23,31-32,37H,3,14-17H2,1-2H3/b27-20-/t23-/m1/s1. The number of amides is 2. The first-order chi connectivity index (χ1) is 19.3. The summed E-state index contributed by atoms with van der Waals surface area (Å²) >= 11 is 0. The van der Waals surface area contributed by atoms with Crippen LogP contribution in [0.2, 0.25) is 0 Å². The van der Waals surface area contributed by atoms with Crippen LogP contribution in [0.3, 0.4) is 0 Å². The van der Waals surface area contributed by atoms with Gasteiger partial charge in [-0.15, -0.1) is 0 Å². The minimum atomic E-state index is -0.743. The molecule has 2 aromatic carbocycles. The third kappa shape index (κ3) is 6.23. The number of benzene rings is 2. The zero-order valence-electron chi connectivity index (χ0n) is 22.4. The van der Waals surface area contributed by atoms with Crippen LogP contribution < -0.4 is 10.6 Å². The lowest BCUT2D eigenvalue weighted by Crippen LogP contribution is -2.50. The number of rotatable bonds is 10. The van der Waals surface area contributed by atoms with Crippen LogP contribution in [0, 0.1) is 0 Å². The van der Waals surface area contributed by atoms with Crippen molar-refractivity contribution < 1.29 is 28.7 Å². The molecule has 2 heterocycles. The number of carbonyl (C=O) groups is 4. The minimum Gasteiger partial charge on any atom is -0.505 e. The molecule has 0 bridgehead atoms. The van der Waals surface area contributed by atoms with Crippen LogP contribution in [0.5, 0.6) is 5.75 Å². The summed E-state index contributed by atoms with van der Waals surface area (Å²) in [6.07, 6.45) is 2.33. The topological polar surface area (TPSA) is 132 Å². The van der Waals surface area contributed by atoms with Crippen LogP contribution in [-0.2, 0) is 9.59 Å². The summed E-state index contributed by atoms with van der Waals surface area (Å²) in [6.45, 7) is 4.82. The molecule has 0 spiro atoms. The Labute approximate surface area is 232 Å². The molecule has 1 aliphatic rings. The molecule has 0 radical (unpaired) electrons. The fourth-order valence-electron chi connectivity index (χ4n) is 4.62. The number of hydrogen-bond donors (Lipinski definition) is 3. The van der Waals surface area contributed by atoms with Gasteiger partial charge in [0.15, 0.2) is 17.8 Å². The van der Waals surface area contributed by atoms with Crippen molar-refractivity contribution >= 4 is 29.6 Å². The van der Waals surface area contributed by atoms with Gasteiger partial charge in [0, 0.05) is 31.9 Å². The summed E-state index contributed by atoms with van der Waals surface area (Å²) in [5.74, 6) is -1.40. The van der Waals surface area contributed by atoms with Gasteiger partial charge in [0.05, 0.1) is 23.6 Å². The van der Waals surface area contributed by atoms with E-state index in [0.29, 0.717) is 38.3 Å². The van der Waals surface area contributed by atoms with E-state index in [-0.39, 0.29) is 52.6 Å². The zero-order chi connectivity index (χ0) is 28.6. The second-order valence-corrected chi connectivity index (χ2v) is 9.39. The smallest absolute Gasteiger partial charge is 0.289 e. The lowest BCUT2D eigenvalue weighted by atomic mass is 10.0. The first-order valence-corrected chi connectivity index (χ1v) is 13.1. The van der Waals surface area contributed by atoms with Crippen molar-refractivity contribution in [3.63, 3.8) is 0 Å². The van der Waals surface area contributed by atoms with E-state index in [2.05, 4.69) is 10.6 Å². The molecular weight excluding hydrogens is 512 g/mol. The van der Waals surface area contributed by atoms with Crippen LogP contribution in [0.25, 0.3) is 0 Å². The van der Waals surface area contributed by atoms with E-state index in [9.17, 15) is 24.3 Å². The van der Waals surface area contributed by atoms with Gasteiger partial charge >= 0.3 is 0 Å². The van der Waals surface area contributed by atoms with Crippen molar-refractivity contribution in [3.8, 4) is 5.75 Å². The van der Waals surface area contributed by atoms with Crippen molar-refractivity contribution in [1.82, 2.24) is 15.1 Å². The van der Waals surface area contributed by atoms with Gasteiger partial charge in [-0.25, -0.2) is 0 Å². The number of nitrogens with one attached hydrogen (secondary N) is 2. The Morgan fingerprint density at radius 3 is 2.23 bits per heavy atom. The molecule has 1 aromatic heterocycles. The molecule has 208 valence electrons. The minimum absolute atomic E-state index is 0.0687. The summed E-state index contributed by atoms with van der Waals surface area (Å²) in [6, 6.07) is 17.3. The number of piperazine rings is 1. The second kappa shape index (κ2) is 12.8. The monoisotopic (exact) mass is 544 g/mol. The van der Waals surface area contributed by atoms with E-state index >= 15 is 0 Å². The van der Waals surface area contributed by atoms with E-state index < -0.39 is 5.78 Å². The number of furan rings is 1. The molecule has 10 nitrogen and oxygen atoms in total. The fraction of sp³-hybridized carbons (Fsp3) is 0.267. The Morgan fingerprint density at radius 1 is 0.950 bits per heavy atom. The Kier molecular flexibility index (Phi) is 9.00. The van der Waals surface area contributed by atoms with E-state index in [1.807, 2.05) is 37.3 Å². The Hall–Kier alpha value is -4.86. The van der Waals surface area contributed by atoms with E-state index in [1.54, 1.807) is 41.0 Å². The van der Waals surface area contributed by atoms with Crippen molar-refractivity contribution in [1.29, 1.82) is 0 Å². The van der Waals surface area contributed by atoms with Crippen molar-refractivity contribution in [3.05, 3.63) is 95.2 Å². The quantitative estimate of drug-likeness (QED) is 0.152. The molecular formula is C30H32N4O6. The average Bonchev–Trinajstić information content (AvgIpc) is 3.53. The summed E-state index contributed by atoms with van der Waals surface area (Å²) in [7, 11) is 0. The number of phenolic OH excluding ortho intramolecular Hbond substituents is 1. The van der Waals surface area contributed by atoms with Crippen molar-refractivity contribution in [2.75, 3.05) is 31.5 Å². The highest BCUT2D eigenvalue weighted by Gasteiger charge is 2.28. The van der Waals surface area contributed by atoms with Gasteiger partial charge in [-0.2, -0.15) is 0 Å². The van der Waals surface area contributed by atoms with E-state index in [0.717, 1.165) is 5.56 Å². The summed E-state index contributed by atoms with van der Waals surface area (Å²) in [5.41, 5.74) is 1.63. The van der Waals surface area contributed by atoms with Crippen LogP contribution in [-0.4, -0.2) is 65.0 Å². The van der Waals surface area contributed by atoms with Gasteiger partial charge in [-0.1, -0.05) is 43.3 Å². The van der Waals surface area contributed by atoms with Crippen LogP contribution in [0.15, 0.2) is 82.7 Å². The predicted molar refractivity (Wildman–Crippen MR) is 149 cm³/mol. The molecule has 1 saturated heterocycles. The summed E-state index contributed by atoms with van der Waals surface area (Å²) in [4.78, 5) is 53.0. The number of aldehydes is 1. The van der Waals surface area contributed by atoms with Crippen molar-refractivity contribution in [2.45, 2.75) is 26.3 Å². The maximum atomic E-state index is 13.3. The van der Waals surface area contributed by atoms with E-state index in [4.69, 9.17) is 4.42 Å². The lowest BCUT2D eigenvalue weighted by molar-refractivity contribution is -0.127. The number of phenols is 1. The number of ketones is 1. The second-order valence-electron chi connectivity index (χ2n) is 9.39. The largest absolute Gasteiger partial charge is 0.505 e. The molecule has 0 saturated carbocycles. The number of anilines is 1. The average molecular weight is 545 g/mol. The number of nitrogens with zero attached hydrogens (tertiary/aromatic N) is 2. The first-order valence-electron chi connectivity index (χ1n) is 13.1. The normalized spacial score (nSPS) is 14.7. The molecule has 0 unspecified atom stereocenters. The van der Waals surface area contributed by atoms with Crippen LogP contribution >= 0.6 is 0 Å². The highest BCUT2D eigenvalue weighted by molar-refractivity contribution is 6.33. The van der Waals surface area contributed by atoms with Crippen molar-refractivity contribution in [2.24, 2.45) is 0 Å². The number of hydrogen-bond acceptors (Lipinski definition) is 8. The Balaban J connectivity index is 1.50. The van der Waals surface area contributed by atoms with Gasteiger partial charge in [0.2, 0.25) is 5.78 Å². The fourth-order valence-corrected chi connectivity index (χ4v) is 4.62. The first kappa shape index (κ1) is 28.2. The van der Waals surface area contributed by atoms with Gasteiger partial charge in [0.25, 0.3) is 11.8 Å². The van der Waals surface area contributed by atoms with Gasteiger partial charge in [0.1, 0.15) is 5.70 Å². The van der Waals surface area contributed by atoms with Crippen LogP contribution in [0.1, 0.15) is 52.8 Å². The maximum Gasteiger partial charge on any atom is 0.289 e. The van der Waals surface area contributed by atoms with Gasteiger partial charge in [-0.3, -0.25) is 19.2 Å². The molecule has 40 heavy (non-hydrogen) atoms. The molecule has 10 heteroatoms. The highest BCUT2D eigenvalue weighted by Crippen LogP contribution is 2.30. The molecule has 1 atom stereocenters. The number of allylic oxidation sites excluding steroid dienone is 2. The molecule has 3 aromatic rings. The van der Waals surface area contributed by atoms with Crippen LogP contribution in [0.4, 0.5) is 5.69 Å². The van der Waals surface area contributed by atoms with Gasteiger partial charge < -0.3 is 30.0 Å². The third-order valence-corrected chi connectivity index (χ3v) is 6.83. The summed E-state index contributed by atoms with van der Waals surface area (Å²) < 4.78 is 5.18. The SMILES string of the molecule is CC[C@@H](N/C(C(=O)C=O)=C(/C)Nc1cccc(C(=O)N2CCN(C(=O)c3ccco3)CC2)c1O)c1ccccc1. The Bertz CT molecular complexity index is 1390. The third-order valence-electron chi connectivity index (χ3n) is 6.83. The Morgan fingerprint density at radius 2 is 1.62 bits per heavy atom. The number of para-hydroxylation sites is 1. The summed E-state index contributed by atoms with van der Waals surface area (Å²) in [5, 5.41) is 17.2. The zero-order valence-corrected chi connectivity index (χ0v) is 22.4. The predicted octanol–water partition coefficient (Wildman–Crippen LogP) is 3.74. The van der Waals surface area contributed by atoms with E-state index in [1.165, 1.54) is 12.3 Å². The molecule has 0 aliphatic carbocycles. The number of carbonyl (C=O) groups excluding carboxylic acids is 4. The lowest BCUT2D eigenvalue weighted by Gasteiger charge is -2.34. The van der Waals surface area contributed by atoms with Gasteiger partial charge in [-0.05, 0) is 43.2 Å². The number of aromatic hydroxyl groups is 1. The molecule has 2 amide bonds. The number of Topliss-reactive ketones (excluding diaryl/α,β-unsaturated/α-hetero) is 1.